The molecule has 1 aromatic carbocycles. The summed E-state index contributed by atoms with van der Waals surface area (Å²) in [7, 11) is 2.02. The van der Waals surface area contributed by atoms with Crippen LogP contribution in [0.25, 0.3) is 11.1 Å². The number of benzene rings is 1. The van der Waals surface area contributed by atoms with Crippen LogP contribution in [0.2, 0.25) is 0 Å². The van der Waals surface area contributed by atoms with Crippen LogP contribution in [-0.4, -0.2) is 35.8 Å². The molecule has 1 fully saturated rings. The molecule has 0 bridgehead atoms. The van der Waals surface area contributed by atoms with Gasteiger partial charge < -0.3 is 9.30 Å². The van der Waals surface area contributed by atoms with Crippen LogP contribution in [0.1, 0.15) is 35.5 Å². The van der Waals surface area contributed by atoms with E-state index < -0.39 is 0 Å². The van der Waals surface area contributed by atoms with Gasteiger partial charge in [-0.2, -0.15) is 5.26 Å². The molecule has 24 heavy (non-hydrogen) atoms. The van der Waals surface area contributed by atoms with Gasteiger partial charge in [0.1, 0.15) is 6.07 Å². The molecule has 1 aromatic heterocycles. The summed E-state index contributed by atoms with van der Waals surface area (Å²) in [4.78, 5) is 2.46. The van der Waals surface area contributed by atoms with Crippen molar-refractivity contribution in [3.63, 3.8) is 0 Å². The summed E-state index contributed by atoms with van der Waals surface area (Å²) in [5, 5.41) is 9.53. The Hall–Kier alpha value is -2.09. The molecule has 1 saturated heterocycles. The minimum absolute atomic E-state index is 0.386. The second-order valence-electron chi connectivity index (χ2n) is 6.54. The molecule has 0 radical (unpaired) electrons. The Morgan fingerprint density at radius 3 is 2.29 bits per heavy atom. The zero-order valence-corrected chi connectivity index (χ0v) is 15.0. The SMILES string of the molecule is Cc1c(C#N)c(-c2ccc(C(C)N3CCOCC3)cc2)c(C)n1C. The fourth-order valence-electron chi connectivity index (χ4n) is 3.54. The van der Waals surface area contributed by atoms with Gasteiger partial charge in [0, 0.05) is 43.1 Å². The molecule has 0 saturated carbocycles. The average Bonchev–Trinajstić information content (AvgIpc) is 2.85. The summed E-state index contributed by atoms with van der Waals surface area (Å²) in [5.74, 6) is 0. The maximum absolute atomic E-state index is 9.53. The Kier molecular flexibility index (Phi) is 4.75. The summed E-state index contributed by atoms with van der Waals surface area (Å²) >= 11 is 0. The highest BCUT2D eigenvalue weighted by Gasteiger charge is 2.20. The van der Waals surface area contributed by atoms with Crippen molar-refractivity contribution in [1.29, 1.82) is 5.26 Å². The first-order valence-corrected chi connectivity index (χ1v) is 8.52. The van der Waals surface area contributed by atoms with Crippen LogP contribution in [0.5, 0.6) is 0 Å². The maximum atomic E-state index is 9.53. The predicted octanol–water partition coefficient (Wildman–Crippen LogP) is 3.57. The first-order chi connectivity index (χ1) is 11.5. The molecule has 0 N–H and O–H groups in total. The summed E-state index contributed by atoms with van der Waals surface area (Å²) in [6.45, 7) is 9.93. The van der Waals surface area contributed by atoms with E-state index in [0.717, 1.165) is 54.4 Å². The Bertz CT molecular complexity index is 762. The van der Waals surface area contributed by atoms with Gasteiger partial charge in [0.2, 0.25) is 0 Å². The van der Waals surface area contributed by atoms with Crippen LogP contribution in [-0.2, 0) is 11.8 Å². The molecule has 4 heteroatoms. The maximum Gasteiger partial charge on any atom is 0.102 e. The van der Waals surface area contributed by atoms with E-state index in [-0.39, 0.29) is 0 Å². The normalized spacial score (nSPS) is 16.8. The van der Waals surface area contributed by atoms with E-state index in [2.05, 4.69) is 53.6 Å². The van der Waals surface area contributed by atoms with Crippen LogP contribution in [0.4, 0.5) is 0 Å². The lowest BCUT2D eigenvalue weighted by molar-refractivity contribution is 0.0198. The van der Waals surface area contributed by atoms with Crippen LogP contribution < -0.4 is 0 Å². The fourth-order valence-corrected chi connectivity index (χ4v) is 3.54. The smallest absolute Gasteiger partial charge is 0.102 e. The van der Waals surface area contributed by atoms with E-state index in [1.807, 2.05) is 14.0 Å². The van der Waals surface area contributed by atoms with Gasteiger partial charge in [-0.25, -0.2) is 0 Å². The van der Waals surface area contributed by atoms with Crippen LogP contribution in [0.15, 0.2) is 24.3 Å². The van der Waals surface area contributed by atoms with E-state index in [1.165, 1.54) is 5.56 Å². The molecular weight excluding hydrogens is 298 g/mol. The molecule has 3 rings (SSSR count). The number of hydrogen-bond donors (Lipinski definition) is 0. The summed E-state index contributed by atoms with van der Waals surface area (Å²) in [6, 6.07) is 11.4. The number of nitrogens with zero attached hydrogens (tertiary/aromatic N) is 3. The van der Waals surface area contributed by atoms with Gasteiger partial charge in [-0.1, -0.05) is 24.3 Å². The molecule has 126 valence electrons. The largest absolute Gasteiger partial charge is 0.379 e. The first-order valence-electron chi connectivity index (χ1n) is 8.52. The van der Waals surface area contributed by atoms with E-state index in [0.29, 0.717) is 6.04 Å². The van der Waals surface area contributed by atoms with Crippen molar-refractivity contribution in [2.45, 2.75) is 26.8 Å². The van der Waals surface area contributed by atoms with Crippen molar-refractivity contribution in [2.75, 3.05) is 26.3 Å². The third-order valence-corrected chi connectivity index (χ3v) is 5.37. The van der Waals surface area contributed by atoms with Crippen LogP contribution in [0, 0.1) is 25.2 Å². The quantitative estimate of drug-likeness (QED) is 0.867. The lowest BCUT2D eigenvalue weighted by Gasteiger charge is -2.32. The zero-order valence-electron chi connectivity index (χ0n) is 15.0. The second-order valence-corrected chi connectivity index (χ2v) is 6.54. The third-order valence-electron chi connectivity index (χ3n) is 5.37. The zero-order chi connectivity index (χ0) is 17.3. The first kappa shape index (κ1) is 16.8. The Morgan fingerprint density at radius 2 is 1.71 bits per heavy atom. The predicted molar refractivity (Wildman–Crippen MR) is 95.8 cm³/mol. The van der Waals surface area contributed by atoms with Crippen LogP contribution in [0.3, 0.4) is 0 Å². The summed E-state index contributed by atoms with van der Waals surface area (Å²) in [5.41, 5.74) is 6.43. The van der Waals surface area contributed by atoms with Gasteiger partial charge in [0.05, 0.1) is 18.8 Å². The Morgan fingerprint density at radius 1 is 1.08 bits per heavy atom. The van der Waals surface area contributed by atoms with Crippen molar-refractivity contribution < 1.29 is 4.74 Å². The van der Waals surface area contributed by atoms with Crippen molar-refractivity contribution in [3.05, 3.63) is 46.8 Å². The van der Waals surface area contributed by atoms with Crippen molar-refractivity contribution in [1.82, 2.24) is 9.47 Å². The molecule has 0 aliphatic carbocycles. The van der Waals surface area contributed by atoms with Gasteiger partial charge in [-0.3, -0.25) is 4.90 Å². The fraction of sp³-hybridized carbons (Fsp3) is 0.450. The summed E-state index contributed by atoms with van der Waals surface area (Å²) in [6.07, 6.45) is 0. The molecular formula is C20H25N3O. The lowest BCUT2D eigenvalue weighted by atomic mass is 9.98. The third kappa shape index (κ3) is 2.86. The van der Waals surface area contributed by atoms with Crippen molar-refractivity contribution in [2.24, 2.45) is 7.05 Å². The number of nitriles is 1. The van der Waals surface area contributed by atoms with Crippen LogP contribution >= 0.6 is 0 Å². The monoisotopic (exact) mass is 323 g/mol. The number of aromatic nitrogens is 1. The number of morpholine rings is 1. The van der Waals surface area contributed by atoms with Gasteiger partial charge in [0.15, 0.2) is 0 Å². The molecule has 2 heterocycles. The second kappa shape index (κ2) is 6.80. The summed E-state index contributed by atoms with van der Waals surface area (Å²) < 4.78 is 7.54. The highest BCUT2D eigenvalue weighted by molar-refractivity contribution is 5.75. The molecule has 0 spiro atoms. The number of rotatable bonds is 3. The van der Waals surface area contributed by atoms with E-state index in [9.17, 15) is 5.26 Å². The van der Waals surface area contributed by atoms with Gasteiger partial charge in [-0.15, -0.1) is 0 Å². The van der Waals surface area contributed by atoms with Crippen molar-refractivity contribution >= 4 is 0 Å². The van der Waals surface area contributed by atoms with Gasteiger partial charge >= 0.3 is 0 Å². The standard InChI is InChI=1S/C20H25N3O/c1-14(23-9-11-24-12-10-23)17-5-7-18(8-6-17)20-16(3)22(4)15(2)19(20)13-21/h5-8,14H,9-12H2,1-4H3. The van der Waals surface area contributed by atoms with Gasteiger partial charge in [0.25, 0.3) is 0 Å². The number of ether oxygens (including phenoxy) is 1. The molecule has 1 atom stereocenters. The average molecular weight is 323 g/mol. The highest BCUT2D eigenvalue weighted by Crippen LogP contribution is 2.32. The van der Waals surface area contributed by atoms with E-state index >= 15 is 0 Å². The molecule has 0 amide bonds. The Labute approximate surface area is 144 Å². The molecule has 4 nitrogen and oxygen atoms in total. The Balaban J connectivity index is 1.90. The minimum Gasteiger partial charge on any atom is -0.379 e. The van der Waals surface area contributed by atoms with E-state index in [1.54, 1.807) is 0 Å². The van der Waals surface area contributed by atoms with E-state index in [4.69, 9.17) is 4.74 Å². The molecule has 1 aliphatic heterocycles. The number of hydrogen-bond acceptors (Lipinski definition) is 3. The molecule has 1 unspecified atom stereocenters. The topological polar surface area (TPSA) is 41.2 Å². The molecule has 2 aromatic rings. The lowest BCUT2D eigenvalue weighted by Crippen LogP contribution is -2.37. The van der Waals surface area contributed by atoms with Crippen molar-refractivity contribution in [3.8, 4) is 17.2 Å². The highest BCUT2D eigenvalue weighted by atomic mass is 16.5. The van der Waals surface area contributed by atoms with Gasteiger partial charge in [-0.05, 0) is 31.9 Å². The minimum atomic E-state index is 0.386. The molecule has 1 aliphatic rings.